The zero-order chi connectivity index (χ0) is 23.1. The van der Waals surface area contributed by atoms with Crippen molar-refractivity contribution in [2.24, 2.45) is 0 Å². The minimum Gasteiger partial charge on any atom is -0.312 e. The number of benzene rings is 2. The standard InChI is InChI=1S/C26H26N4O2S/c1-30(33(31,32)26-8-2-6-24-20-29-16-13-25(24)26)18-17-27-14-3-5-21-9-11-22(12-10-21)23-7-4-15-28-19-23/h2-13,15-16,19-20,27H,14,17-18H2,1H3/b5-3+. The van der Waals surface area contributed by atoms with Crippen LogP contribution in [0.1, 0.15) is 5.56 Å². The van der Waals surface area contributed by atoms with Gasteiger partial charge in [0.25, 0.3) is 0 Å². The van der Waals surface area contributed by atoms with Crippen molar-refractivity contribution in [2.75, 3.05) is 26.7 Å². The maximum atomic E-state index is 13.0. The Hall–Kier alpha value is -3.39. The fourth-order valence-corrected chi connectivity index (χ4v) is 4.92. The summed E-state index contributed by atoms with van der Waals surface area (Å²) in [5.41, 5.74) is 3.33. The molecule has 6 nitrogen and oxygen atoms in total. The van der Waals surface area contributed by atoms with Crippen LogP contribution in [0.5, 0.6) is 0 Å². The second-order valence-corrected chi connectivity index (χ2v) is 9.66. The quantitative estimate of drug-likeness (QED) is 0.380. The summed E-state index contributed by atoms with van der Waals surface area (Å²) >= 11 is 0. The average Bonchev–Trinajstić information content (AvgIpc) is 2.86. The lowest BCUT2D eigenvalue weighted by molar-refractivity contribution is 0.464. The Morgan fingerprint density at radius 3 is 2.52 bits per heavy atom. The van der Waals surface area contributed by atoms with Crippen LogP contribution in [-0.2, 0) is 10.0 Å². The minimum atomic E-state index is -3.59. The van der Waals surface area contributed by atoms with Crippen molar-refractivity contribution in [1.82, 2.24) is 19.6 Å². The van der Waals surface area contributed by atoms with Gasteiger partial charge in [0.2, 0.25) is 10.0 Å². The lowest BCUT2D eigenvalue weighted by atomic mass is 10.1. The molecule has 0 aliphatic carbocycles. The molecule has 1 N–H and O–H groups in total. The first-order valence-electron chi connectivity index (χ1n) is 10.7. The van der Waals surface area contributed by atoms with E-state index < -0.39 is 10.0 Å². The minimum absolute atomic E-state index is 0.305. The lowest BCUT2D eigenvalue weighted by Gasteiger charge is -2.18. The monoisotopic (exact) mass is 458 g/mol. The molecule has 0 aliphatic heterocycles. The van der Waals surface area contributed by atoms with Crippen LogP contribution in [0.15, 0.2) is 96.4 Å². The molecule has 4 rings (SSSR count). The summed E-state index contributed by atoms with van der Waals surface area (Å²) in [6.45, 7) is 1.57. The highest BCUT2D eigenvalue weighted by Gasteiger charge is 2.22. The molecule has 168 valence electrons. The zero-order valence-electron chi connectivity index (χ0n) is 18.4. The van der Waals surface area contributed by atoms with E-state index in [-0.39, 0.29) is 0 Å². The third kappa shape index (κ3) is 5.51. The van der Waals surface area contributed by atoms with Gasteiger partial charge in [-0.15, -0.1) is 0 Å². The van der Waals surface area contributed by atoms with Gasteiger partial charge < -0.3 is 5.32 Å². The fourth-order valence-electron chi connectivity index (χ4n) is 3.54. The van der Waals surface area contributed by atoms with Gasteiger partial charge in [-0.1, -0.05) is 54.6 Å². The first-order chi connectivity index (χ1) is 16.1. The molecule has 0 fully saturated rings. The second kappa shape index (κ2) is 10.5. The Balaban J connectivity index is 1.28. The molecule has 33 heavy (non-hydrogen) atoms. The summed E-state index contributed by atoms with van der Waals surface area (Å²) in [4.78, 5) is 8.53. The van der Waals surface area contributed by atoms with Crippen LogP contribution < -0.4 is 5.32 Å². The summed E-state index contributed by atoms with van der Waals surface area (Å²) in [6, 6.07) is 19.2. The molecule has 7 heteroatoms. The largest absolute Gasteiger partial charge is 0.312 e. The first kappa shape index (κ1) is 22.8. The first-order valence-corrected chi connectivity index (χ1v) is 12.2. The summed E-state index contributed by atoms with van der Waals surface area (Å²) in [5.74, 6) is 0. The summed E-state index contributed by atoms with van der Waals surface area (Å²) in [7, 11) is -1.98. The predicted octanol–water partition coefficient (Wildman–Crippen LogP) is 4.22. The van der Waals surface area contributed by atoms with Crippen LogP contribution in [0.2, 0.25) is 0 Å². The Labute approximate surface area is 194 Å². The van der Waals surface area contributed by atoms with E-state index in [9.17, 15) is 8.42 Å². The van der Waals surface area contributed by atoms with Gasteiger partial charge in [-0.3, -0.25) is 9.97 Å². The number of likely N-dealkylation sites (N-methyl/N-ethyl adjacent to an activating group) is 1. The van der Waals surface area contributed by atoms with E-state index in [1.54, 1.807) is 43.8 Å². The number of nitrogens with zero attached hydrogens (tertiary/aromatic N) is 3. The maximum Gasteiger partial charge on any atom is 0.243 e. The number of aromatic nitrogens is 2. The van der Waals surface area contributed by atoms with Gasteiger partial charge in [0, 0.05) is 62.2 Å². The summed E-state index contributed by atoms with van der Waals surface area (Å²) in [6.07, 6.45) is 11.0. The van der Waals surface area contributed by atoms with Crippen LogP contribution >= 0.6 is 0 Å². The van der Waals surface area contributed by atoms with Crippen LogP contribution in [0.4, 0.5) is 0 Å². The van der Waals surface area contributed by atoms with Crippen LogP contribution in [0, 0.1) is 0 Å². The number of pyridine rings is 2. The zero-order valence-corrected chi connectivity index (χ0v) is 19.2. The molecule has 0 unspecified atom stereocenters. The summed E-state index contributed by atoms with van der Waals surface area (Å²) in [5, 5.41) is 4.77. The van der Waals surface area contributed by atoms with Crippen LogP contribution in [-0.4, -0.2) is 49.4 Å². The fraction of sp³-hybridized carbons (Fsp3) is 0.154. The van der Waals surface area contributed by atoms with E-state index in [0.717, 1.165) is 22.1 Å². The number of hydrogen-bond donors (Lipinski definition) is 1. The second-order valence-electron chi connectivity index (χ2n) is 7.65. The molecule has 4 aromatic rings. The normalized spacial score (nSPS) is 12.1. The van der Waals surface area contributed by atoms with E-state index in [0.29, 0.717) is 29.9 Å². The Kier molecular flexibility index (Phi) is 7.24. The molecule has 0 spiro atoms. The predicted molar refractivity (Wildman–Crippen MR) is 133 cm³/mol. The van der Waals surface area contributed by atoms with E-state index in [1.807, 2.05) is 36.5 Å². The topological polar surface area (TPSA) is 75.2 Å². The molecule has 2 aromatic carbocycles. The Bertz CT molecular complexity index is 1330. The average molecular weight is 459 g/mol. The van der Waals surface area contributed by atoms with Gasteiger partial charge in [0.1, 0.15) is 0 Å². The number of rotatable bonds is 9. The number of nitrogens with one attached hydrogen (secondary N) is 1. The molecule has 0 saturated heterocycles. The Morgan fingerprint density at radius 1 is 0.909 bits per heavy atom. The van der Waals surface area contributed by atoms with Gasteiger partial charge in [0.05, 0.1) is 4.90 Å². The third-order valence-electron chi connectivity index (χ3n) is 5.41. The highest BCUT2D eigenvalue weighted by Crippen LogP contribution is 2.24. The van der Waals surface area contributed by atoms with Crippen molar-refractivity contribution >= 4 is 26.9 Å². The van der Waals surface area contributed by atoms with Crippen molar-refractivity contribution in [1.29, 1.82) is 0 Å². The van der Waals surface area contributed by atoms with Gasteiger partial charge in [-0.05, 0) is 34.9 Å². The van der Waals surface area contributed by atoms with Gasteiger partial charge >= 0.3 is 0 Å². The Morgan fingerprint density at radius 2 is 1.73 bits per heavy atom. The number of fused-ring (bicyclic) bond motifs is 1. The van der Waals surface area contributed by atoms with Gasteiger partial charge in [-0.25, -0.2) is 8.42 Å². The highest BCUT2D eigenvalue weighted by molar-refractivity contribution is 7.89. The number of sulfonamides is 1. The molecule has 0 radical (unpaired) electrons. The molecular weight excluding hydrogens is 432 g/mol. The van der Waals surface area contributed by atoms with Crippen molar-refractivity contribution in [3.63, 3.8) is 0 Å². The molecule has 0 aliphatic rings. The summed E-state index contributed by atoms with van der Waals surface area (Å²) < 4.78 is 27.5. The smallest absolute Gasteiger partial charge is 0.243 e. The number of hydrogen-bond acceptors (Lipinski definition) is 5. The van der Waals surface area contributed by atoms with E-state index in [4.69, 9.17) is 0 Å². The SMILES string of the molecule is CN(CCNC/C=C/c1ccc(-c2cccnc2)cc1)S(=O)(=O)c1cccc2cnccc12. The molecule has 2 heterocycles. The van der Waals surface area contributed by atoms with E-state index >= 15 is 0 Å². The van der Waals surface area contributed by atoms with Crippen molar-refractivity contribution in [3.05, 3.63) is 97.1 Å². The van der Waals surface area contributed by atoms with Crippen molar-refractivity contribution in [3.8, 4) is 11.1 Å². The van der Waals surface area contributed by atoms with Gasteiger partial charge in [0.15, 0.2) is 0 Å². The molecule has 0 saturated carbocycles. The third-order valence-corrected chi connectivity index (χ3v) is 7.33. The molecule has 0 bridgehead atoms. The molecule has 0 amide bonds. The van der Waals surface area contributed by atoms with E-state index in [2.05, 4.69) is 39.6 Å². The molecule has 0 atom stereocenters. The van der Waals surface area contributed by atoms with E-state index in [1.165, 1.54) is 4.31 Å². The maximum absolute atomic E-state index is 13.0. The van der Waals surface area contributed by atoms with Crippen molar-refractivity contribution < 1.29 is 8.42 Å². The highest BCUT2D eigenvalue weighted by atomic mass is 32.2. The van der Waals surface area contributed by atoms with Crippen LogP contribution in [0.25, 0.3) is 28.0 Å². The molecule has 2 aromatic heterocycles. The van der Waals surface area contributed by atoms with Crippen LogP contribution in [0.3, 0.4) is 0 Å². The molecular formula is C26H26N4O2S. The van der Waals surface area contributed by atoms with Gasteiger partial charge in [-0.2, -0.15) is 4.31 Å². The van der Waals surface area contributed by atoms with Crippen molar-refractivity contribution in [2.45, 2.75) is 4.90 Å². The lowest BCUT2D eigenvalue weighted by Crippen LogP contribution is -2.34.